The van der Waals surface area contributed by atoms with Crippen molar-refractivity contribution in [1.29, 1.82) is 0 Å². The summed E-state index contributed by atoms with van der Waals surface area (Å²) in [5.74, 6) is 0.375. The van der Waals surface area contributed by atoms with E-state index >= 15 is 0 Å². The van der Waals surface area contributed by atoms with E-state index in [-0.39, 0.29) is 5.69 Å². The summed E-state index contributed by atoms with van der Waals surface area (Å²) < 4.78 is 15.3. The van der Waals surface area contributed by atoms with Gasteiger partial charge < -0.3 is 19.1 Å². The van der Waals surface area contributed by atoms with E-state index in [0.29, 0.717) is 28.4 Å². The monoisotopic (exact) mass is 263 g/mol. The summed E-state index contributed by atoms with van der Waals surface area (Å²) in [4.78, 5) is 11.1. The Kier molecular flexibility index (Phi) is 3.41. The average Bonchev–Trinajstić information content (AvgIpc) is 2.80. The van der Waals surface area contributed by atoms with Crippen LogP contribution in [-0.2, 0) is 0 Å². The minimum atomic E-state index is -1.14. The molecule has 0 spiro atoms. The smallest absolute Gasteiger partial charge is 0.358 e. The van der Waals surface area contributed by atoms with Gasteiger partial charge in [-0.2, -0.15) is 0 Å². The number of hydrogen-bond donors (Lipinski definition) is 1. The minimum absolute atomic E-state index is 0.121. The van der Waals surface area contributed by atoms with Crippen molar-refractivity contribution < 1.29 is 23.9 Å². The summed E-state index contributed by atoms with van der Waals surface area (Å²) >= 11 is 0. The van der Waals surface area contributed by atoms with E-state index in [1.807, 2.05) is 0 Å². The molecule has 1 aromatic heterocycles. The van der Waals surface area contributed by atoms with Gasteiger partial charge >= 0.3 is 5.97 Å². The molecule has 2 aromatic rings. The maximum atomic E-state index is 11.1. The number of aromatic carboxylic acids is 1. The van der Waals surface area contributed by atoms with Crippen molar-refractivity contribution in [1.82, 2.24) is 5.16 Å². The van der Waals surface area contributed by atoms with E-state index in [2.05, 4.69) is 5.16 Å². The Labute approximate surface area is 109 Å². The Balaban J connectivity index is 2.59. The first kappa shape index (κ1) is 12.9. The van der Waals surface area contributed by atoms with Crippen LogP contribution in [0, 0.1) is 6.92 Å². The molecule has 0 unspecified atom stereocenters. The van der Waals surface area contributed by atoms with Crippen LogP contribution in [0.15, 0.2) is 22.7 Å². The Morgan fingerprint density at radius 2 is 1.95 bits per heavy atom. The van der Waals surface area contributed by atoms with Crippen molar-refractivity contribution in [3.8, 4) is 22.6 Å². The second kappa shape index (κ2) is 5.01. The summed E-state index contributed by atoms with van der Waals surface area (Å²) in [6.45, 7) is 1.66. The van der Waals surface area contributed by atoms with Crippen molar-refractivity contribution in [3.63, 3.8) is 0 Å². The lowest BCUT2D eigenvalue weighted by Crippen LogP contribution is -1.99. The largest absolute Gasteiger partial charge is 0.493 e. The van der Waals surface area contributed by atoms with Crippen LogP contribution in [0.25, 0.3) is 11.1 Å². The number of aromatic nitrogens is 1. The quantitative estimate of drug-likeness (QED) is 0.911. The zero-order valence-corrected chi connectivity index (χ0v) is 10.8. The molecule has 0 radical (unpaired) electrons. The first-order chi connectivity index (χ1) is 9.08. The number of carboxylic acid groups (broad SMARTS) is 1. The molecule has 19 heavy (non-hydrogen) atoms. The first-order valence-electron chi connectivity index (χ1n) is 5.50. The van der Waals surface area contributed by atoms with Crippen molar-refractivity contribution in [2.45, 2.75) is 6.92 Å². The number of carbonyl (C=O) groups is 1. The van der Waals surface area contributed by atoms with Gasteiger partial charge in [0, 0.05) is 0 Å². The third-order valence-corrected chi connectivity index (χ3v) is 2.74. The number of methoxy groups -OCH3 is 2. The fourth-order valence-electron chi connectivity index (χ4n) is 1.85. The number of rotatable bonds is 4. The molecular weight excluding hydrogens is 250 g/mol. The standard InChI is InChI=1S/C13H13NO5/c1-7-11(12(13(15)16)14-19-7)8-4-5-9(17-2)10(6-8)18-3/h4-6H,1-3H3,(H,15,16). The summed E-state index contributed by atoms with van der Waals surface area (Å²) in [5.41, 5.74) is 0.965. The van der Waals surface area contributed by atoms with Crippen LogP contribution in [0.2, 0.25) is 0 Å². The molecule has 0 aliphatic carbocycles. The number of hydrogen-bond acceptors (Lipinski definition) is 5. The van der Waals surface area contributed by atoms with Gasteiger partial charge in [0.05, 0.1) is 19.8 Å². The number of nitrogens with zero attached hydrogens (tertiary/aromatic N) is 1. The molecule has 0 saturated carbocycles. The molecule has 0 aliphatic rings. The van der Waals surface area contributed by atoms with Crippen LogP contribution in [0.4, 0.5) is 0 Å². The fraction of sp³-hybridized carbons (Fsp3) is 0.231. The molecule has 0 bridgehead atoms. The molecule has 2 rings (SSSR count). The molecule has 1 aromatic carbocycles. The summed E-state index contributed by atoms with van der Waals surface area (Å²) in [6, 6.07) is 5.12. The molecule has 0 amide bonds. The van der Waals surface area contributed by atoms with Crippen molar-refractivity contribution in [3.05, 3.63) is 29.7 Å². The lowest BCUT2D eigenvalue weighted by atomic mass is 10.0. The van der Waals surface area contributed by atoms with Crippen LogP contribution < -0.4 is 9.47 Å². The number of aryl methyl sites for hydroxylation is 1. The number of benzene rings is 1. The van der Waals surface area contributed by atoms with Gasteiger partial charge in [0.2, 0.25) is 0 Å². The highest BCUT2D eigenvalue weighted by Gasteiger charge is 2.21. The molecule has 1 N–H and O–H groups in total. The van der Waals surface area contributed by atoms with E-state index in [9.17, 15) is 4.79 Å². The highest BCUT2D eigenvalue weighted by molar-refractivity contribution is 5.94. The molecule has 6 heteroatoms. The maximum Gasteiger partial charge on any atom is 0.358 e. The molecule has 0 atom stereocenters. The second-order valence-corrected chi connectivity index (χ2v) is 3.84. The third-order valence-electron chi connectivity index (χ3n) is 2.74. The van der Waals surface area contributed by atoms with Gasteiger partial charge in [-0.1, -0.05) is 11.2 Å². The molecule has 100 valence electrons. The van der Waals surface area contributed by atoms with E-state index < -0.39 is 5.97 Å². The molecule has 0 saturated heterocycles. The van der Waals surface area contributed by atoms with Gasteiger partial charge in [0.1, 0.15) is 5.76 Å². The van der Waals surface area contributed by atoms with Gasteiger partial charge in [-0.3, -0.25) is 0 Å². The van der Waals surface area contributed by atoms with Gasteiger partial charge in [-0.15, -0.1) is 0 Å². The van der Waals surface area contributed by atoms with Crippen LogP contribution in [0.3, 0.4) is 0 Å². The highest BCUT2D eigenvalue weighted by atomic mass is 16.5. The first-order valence-corrected chi connectivity index (χ1v) is 5.50. The van der Waals surface area contributed by atoms with Crippen LogP contribution in [0.1, 0.15) is 16.2 Å². The SMILES string of the molecule is COc1ccc(-c2c(C(=O)O)noc2C)cc1OC. The van der Waals surface area contributed by atoms with Crippen molar-refractivity contribution in [2.75, 3.05) is 14.2 Å². The molecular formula is C13H13NO5. The summed E-state index contributed by atoms with van der Waals surface area (Å²) in [5, 5.41) is 12.6. The van der Waals surface area contributed by atoms with Crippen molar-refractivity contribution in [2.24, 2.45) is 0 Å². The lowest BCUT2D eigenvalue weighted by Gasteiger charge is -2.09. The Morgan fingerprint density at radius 1 is 1.26 bits per heavy atom. The topological polar surface area (TPSA) is 81.8 Å². The van der Waals surface area contributed by atoms with Gasteiger partial charge in [0.25, 0.3) is 0 Å². The Hall–Kier alpha value is -2.50. The molecule has 1 heterocycles. The fourth-order valence-corrected chi connectivity index (χ4v) is 1.85. The molecule has 0 aliphatic heterocycles. The van der Waals surface area contributed by atoms with Crippen LogP contribution in [0.5, 0.6) is 11.5 Å². The average molecular weight is 263 g/mol. The third kappa shape index (κ3) is 2.24. The van der Waals surface area contributed by atoms with Crippen LogP contribution in [-0.4, -0.2) is 30.5 Å². The van der Waals surface area contributed by atoms with E-state index in [4.69, 9.17) is 19.1 Å². The molecule has 6 nitrogen and oxygen atoms in total. The van der Waals surface area contributed by atoms with Crippen LogP contribution >= 0.6 is 0 Å². The van der Waals surface area contributed by atoms with E-state index in [1.54, 1.807) is 25.1 Å². The second-order valence-electron chi connectivity index (χ2n) is 3.84. The predicted molar refractivity (Wildman–Crippen MR) is 66.7 cm³/mol. The molecule has 0 fully saturated rings. The van der Waals surface area contributed by atoms with E-state index in [1.165, 1.54) is 14.2 Å². The van der Waals surface area contributed by atoms with Gasteiger partial charge in [0.15, 0.2) is 17.2 Å². The summed E-state index contributed by atoms with van der Waals surface area (Å²) in [7, 11) is 3.05. The number of carboxylic acids is 1. The van der Waals surface area contributed by atoms with Gasteiger partial charge in [-0.05, 0) is 24.6 Å². The zero-order valence-electron chi connectivity index (χ0n) is 10.8. The van der Waals surface area contributed by atoms with Gasteiger partial charge in [-0.25, -0.2) is 4.79 Å². The minimum Gasteiger partial charge on any atom is -0.493 e. The van der Waals surface area contributed by atoms with E-state index in [0.717, 1.165) is 0 Å². The lowest BCUT2D eigenvalue weighted by molar-refractivity contribution is 0.0686. The Bertz CT molecular complexity index is 617. The normalized spacial score (nSPS) is 10.3. The summed E-state index contributed by atoms with van der Waals surface area (Å²) in [6.07, 6.45) is 0. The maximum absolute atomic E-state index is 11.1. The Morgan fingerprint density at radius 3 is 2.53 bits per heavy atom. The predicted octanol–water partition coefficient (Wildman–Crippen LogP) is 2.37. The highest BCUT2D eigenvalue weighted by Crippen LogP contribution is 2.35. The number of ether oxygens (including phenoxy) is 2. The zero-order chi connectivity index (χ0) is 14.0. The van der Waals surface area contributed by atoms with Crippen molar-refractivity contribution >= 4 is 5.97 Å².